The maximum atomic E-state index is 12.5. The molecule has 1 aliphatic carbocycles. The molecule has 1 saturated carbocycles. The number of piperidine rings is 1. The Balaban J connectivity index is 1.89. The summed E-state index contributed by atoms with van der Waals surface area (Å²) in [5, 5.41) is -0.307. The van der Waals surface area contributed by atoms with Crippen LogP contribution in [0.25, 0.3) is 0 Å². The number of amides is 1. The van der Waals surface area contributed by atoms with Crippen molar-refractivity contribution in [2.24, 2.45) is 0 Å². The Morgan fingerprint density at radius 2 is 1.68 bits per heavy atom. The number of carbonyl (C=O) groups is 2. The van der Waals surface area contributed by atoms with E-state index >= 15 is 0 Å². The maximum absolute atomic E-state index is 12.5. The van der Waals surface area contributed by atoms with Crippen molar-refractivity contribution in [1.82, 2.24) is 4.90 Å². The first kappa shape index (κ1) is 23.0. The first-order chi connectivity index (χ1) is 13.0. The second kappa shape index (κ2) is 9.46. The Hall–Kier alpha value is -1.31. The molecule has 1 amide bonds. The fourth-order valence-corrected chi connectivity index (χ4v) is 5.81. The fraction of sp³-hybridized carbons (Fsp3) is 0.900. The van der Waals surface area contributed by atoms with Crippen molar-refractivity contribution >= 4 is 21.9 Å². The Morgan fingerprint density at radius 3 is 2.29 bits per heavy atom. The highest BCUT2D eigenvalue weighted by Gasteiger charge is 2.35. The van der Waals surface area contributed by atoms with E-state index in [9.17, 15) is 18.0 Å². The van der Waals surface area contributed by atoms with E-state index in [1.54, 1.807) is 11.8 Å². The van der Waals surface area contributed by atoms with Crippen LogP contribution >= 0.6 is 0 Å². The average molecular weight is 418 g/mol. The molecule has 2 fully saturated rings. The Morgan fingerprint density at radius 1 is 1.07 bits per heavy atom. The van der Waals surface area contributed by atoms with Gasteiger partial charge in [0.25, 0.3) is 0 Å². The lowest BCUT2D eigenvalue weighted by molar-refractivity contribution is -0.151. The zero-order valence-corrected chi connectivity index (χ0v) is 18.4. The highest BCUT2D eigenvalue weighted by Crippen LogP contribution is 2.26. The molecule has 0 radical (unpaired) electrons. The van der Waals surface area contributed by atoms with Crippen LogP contribution in [0.3, 0.4) is 0 Å². The van der Waals surface area contributed by atoms with Gasteiger partial charge in [0, 0.05) is 6.54 Å². The Bertz CT molecular complexity index is 648. The van der Waals surface area contributed by atoms with Crippen LogP contribution in [0.2, 0.25) is 0 Å². The quantitative estimate of drug-likeness (QED) is 0.615. The third-order valence-corrected chi connectivity index (χ3v) is 7.70. The SMILES string of the molecule is C[C@H](OC(=O)CCS(=O)(=O)C1CCCC1)[C@H]1CCCCN1C(=O)OC(C)(C)C. The van der Waals surface area contributed by atoms with Gasteiger partial charge in [-0.3, -0.25) is 4.79 Å². The molecule has 1 saturated heterocycles. The van der Waals surface area contributed by atoms with E-state index in [0.717, 1.165) is 32.1 Å². The van der Waals surface area contributed by atoms with Gasteiger partial charge in [0.05, 0.1) is 23.5 Å². The van der Waals surface area contributed by atoms with Crippen LogP contribution in [0.5, 0.6) is 0 Å². The highest BCUT2D eigenvalue weighted by atomic mass is 32.2. The molecule has 162 valence electrons. The highest BCUT2D eigenvalue weighted by molar-refractivity contribution is 7.92. The van der Waals surface area contributed by atoms with E-state index in [1.165, 1.54) is 0 Å². The van der Waals surface area contributed by atoms with Gasteiger partial charge in [0.1, 0.15) is 11.7 Å². The van der Waals surface area contributed by atoms with Crippen LogP contribution in [0, 0.1) is 0 Å². The zero-order chi connectivity index (χ0) is 20.9. The molecule has 2 rings (SSSR count). The van der Waals surface area contributed by atoms with Crippen molar-refractivity contribution in [3.8, 4) is 0 Å². The van der Waals surface area contributed by atoms with Crippen LogP contribution in [-0.4, -0.2) is 60.7 Å². The van der Waals surface area contributed by atoms with Gasteiger partial charge >= 0.3 is 12.1 Å². The van der Waals surface area contributed by atoms with E-state index in [1.807, 2.05) is 20.8 Å². The molecule has 8 heteroatoms. The summed E-state index contributed by atoms with van der Waals surface area (Å²) in [5.41, 5.74) is -0.590. The minimum absolute atomic E-state index is 0.137. The molecule has 0 aromatic heterocycles. The molecule has 0 bridgehead atoms. The number of ether oxygens (including phenoxy) is 2. The first-order valence-electron chi connectivity index (χ1n) is 10.4. The van der Waals surface area contributed by atoms with E-state index < -0.39 is 33.6 Å². The summed E-state index contributed by atoms with van der Waals surface area (Å²) in [5.74, 6) is -0.687. The number of carbonyl (C=O) groups excluding carboxylic acids is 2. The summed E-state index contributed by atoms with van der Waals surface area (Å²) in [6.45, 7) is 7.78. The predicted octanol–water partition coefficient (Wildman–Crippen LogP) is 3.46. The van der Waals surface area contributed by atoms with Crippen LogP contribution < -0.4 is 0 Å². The fourth-order valence-electron chi connectivity index (χ4n) is 3.98. The van der Waals surface area contributed by atoms with Gasteiger partial charge in [-0.25, -0.2) is 13.2 Å². The molecule has 2 aliphatic rings. The lowest BCUT2D eigenvalue weighted by atomic mass is 9.98. The van der Waals surface area contributed by atoms with Gasteiger partial charge in [-0.05, 0) is 59.8 Å². The molecule has 0 aromatic carbocycles. The van der Waals surface area contributed by atoms with Gasteiger partial charge in [-0.15, -0.1) is 0 Å². The van der Waals surface area contributed by atoms with Gasteiger partial charge in [-0.1, -0.05) is 12.8 Å². The zero-order valence-electron chi connectivity index (χ0n) is 17.6. The largest absolute Gasteiger partial charge is 0.460 e. The van der Waals surface area contributed by atoms with Crippen molar-refractivity contribution in [1.29, 1.82) is 0 Å². The molecular weight excluding hydrogens is 382 g/mol. The molecule has 0 N–H and O–H groups in total. The van der Waals surface area contributed by atoms with Gasteiger partial charge < -0.3 is 14.4 Å². The summed E-state index contributed by atoms with van der Waals surface area (Å²) in [4.78, 5) is 26.4. The minimum Gasteiger partial charge on any atom is -0.460 e. The van der Waals surface area contributed by atoms with Crippen LogP contribution in [0.1, 0.15) is 79.1 Å². The Kier molecular flexibility index (Phi) is 7.76. The van der Waals surface area contributed by atoms with E-state index in [0.29, 0.717) is 19.4 Å². The van der Waals surface area contributed by atoms with Crippen LogP contribution in [0.15, 0.2) is 0 Å². The maximum Gasteiger partial charge on any atom is 0.410 e. The Labute approximate surface area is 169 Å². The molecular formula is C20H35NO6S. The van der Waals surface area contributed by atoms with Crippen LogP contribution in [-0.2, 0) is 24.1 Å². The predicted molar refractivity (Wildman–Crippen MR) is 107 cm³/mol. The molecule has 0 unspecified atom stereocenters. The number of nitrogens with zero attached hydrogens (tertiary/aromatic N) is 1. The number of hydrogen-bond acceptors (Lipinski definition) is 6. The van der Waals surface area contributed by atoms with E-state index in [-0.39, 0.29) is 23.5 Å². The molecule has 0 aromatic rings. The van der Waals surface area contributed by atoms with Crippen LogP contribution in [0.4, 0.5) is 4.79 Å². The lowest BCUT2D eigenvalue weighted by Crippen LogP contribution is -2.51. The molecule has 7 nitrogen and oxygen atoms in total. The number of rotatable bonds is 6. The van der Waals surface area contributed by atoms with Gasteiger partial charge in [0.2, 0.25) is 0 Å². The van der Waals surface area contributed by atoms with Crippen molar-refractivity contribution < 1.29 is 27.5 Å². The van der Waals surface area contributed by atoms with E-state index in [2.05, 4.69) is 0 Å². The molecule has 0 spiro atoms. The number of hydrogen-bond donors (Lipinski definition) is 0. The van der Waals surface area contributed by atoms with Gasteiger partial charge in [-0.2, -0.15) is 0 Å². The summed E-state index contributed by atoms with van der Waals surface area (Å²) in [7, 11) is -3.25. The minimum atomic E-state index is -3.25. The third-order valence-electron chi connectivity index (χ3n) is 5.44. The molecule has 2 atom stereocenters. The monoisotopic (exact) mass is 417 g/mol. The second-order valence-electron chi connectivity index (χ2n) is 8.96. The number of sulfone groups is 1. The first-order valence-corrected chi connectivity index (χ1v) is 12.1. The average Bonchev–Trinajstić information content (AvgIpc) is 3.14. The molecule has 1 aliphatic heterocycles. The second-order valence-corrected chi connectivity index (χ2v) is 11.4. The standard InChI is InChI=1S/C20H35NO6S/c1-15(17-11-7-8-13-21(17)19(23)27-20(2,3)4)26-18(22)12-14-28(24,25)16-9-5-6-10-16/h15-17H,5-14H2,1-4H3/t15-,17+/m0/s1. The molecule has 28 heavy (non-hydrogen) atoms. The van der Waals surface area contributed by atoms with Crippen molar-refractivity contribution in [3.05, 3.63) is 0 Å². The van der Waals surface area contributed by atoms with Crippen molar-refractivity contribution in [2.45, 2.75) is 102 Å². The summed E-state index contributed by atoms with van der Waals surface area (Å²) in [6.07, 6.45) is 4.79. The van der Waals surface area contributed by atoms with Crippen molar-refractivity contribution in [2.75, 3.05) is 12.3 Å². The lowest BCUT2D eigenvalue weighted by Gasteiger charge is -2.39. The topological polar surface area (TPSA) is 90.0 Å². The number of esters is 1. The van der Waals surface area contributed by atoms with Crippen molar-refractivity contribution in [3.63, 3.8) is 0 Å². The smallest absolute Gasteiger partial charge is 0.410 e. The van der Waals surface area contributed by atoms with Gasteiger partial charge in [0.15, 0.2) is 9.84 Å². The normalized spacial score (nSPS) is 22.7. The number of likely N-dealkylation sites (tertiary alicyclic amines) is 1. The third kappa shape index (κ3) is 6.64. The molecule has 1 heterocycles. The summed E-state index contributed by atoms with van der Waals surface area (Å²) >= 11 is 0. The summed E-state index contributed by atoms with van der Waals surface area (Å²) < 4.78 is 35.6. The summed E-state index contributed by atoms with van der Waals surface area (Å²) in [6, 6.07) is -0.251. The van der Waals surface area contributed by atoms with E-state index in [4.69, 9.17) is 9.47 Å².